The molecule has 0 saturated carbocycles. The fourth-order valence-electron chi connectivity index (χ4n) is 1.67. The number of halogens is 1. The topological polar surface area (TPSA) is 0 Å². The average Bonchev–Trinajstić information content (AvgIpc) is 2.55. The van der Waals surface area contributed by atoms with Crippen LogP contribution < -0.4 is 0 Å². The minimum absolute atomic E-state index is 0.770. The van der Waals surface area contributed by atoms with E-state index >= 15 is 0 Å². The molecule has 1 fully saturated rings. The van der Waals surface area contributed by atoms with Crippen LogP contribution in [0.2, 0.25) is 0 Å². The summed E-state index contributed by atoms with van der Waals surface area (Å²) in [6.45, 7) is 0. The van der Waals surface area contributed by atoms with Gasteiger partial charge in [-0.05, 0) is 41.1 Å². The number of allylic oxidation sites excluding steroid dienone is 1. The number of thioether (sulfide) groups is 1. The molecule has 2 aliphatic rings. The zero-order valence-corrected chi connectivity index (χ0v) is 8.90. The largest absolute Gasteiger partial charge is 0.139 e. The molecule has 0 aromatic rings. The summed E-state index contributed by atoms with van der Waals surface area (Å²) >= 11 is 1.94. The second kappa shape index (κ2) is 3.23. The van der Waals surface area contributed by atoms with E-state index in [4.69, 9.17) is 10.7 Å². The molecule has 0 aromatic heterocycles. The van der Waals surface area contributed by atoms with E-state index in [1.807, 2.05) is 11.8 Å². The minimum Gasteiger partial charge on any atom is -0.139 e. The molecule has 2 rings (SSSR count). The highest BCUT2D eigenvalue weighted by molar-refractivity contribution is 8.54. The summed E-state index contributed by atoms with van der Waals surface area (Å²) in [7, 11) is 5.81. The highest BCUT2D eigenvalue weighted by Gasteiger charge is 2.31. The monoisotopic (exact) mass is 208 g/mol. The molecule has 0 N–H and O–H groups in total. The van der Waals surface area contributed by atoms with E-state index in [1.54, 1.807) is 4.91 Å². The lowest BCUT2D eigenvalue weighted by Crippen LogP contribution is -1.95. The Kier molecular flexibility index (Phi) is 2.45. The van der Waals surface area contributed by atoms with Gasteiger partial charge in [0.25, 0.3) is 0 Å². The Balaban J connectivity index is 2.12. The first kappa shape index (κ1) is 8.33. The summed E-state index contributed by atoms with van der Waals surface area (Å²) in [6.07, 6.45) is 3.99. The third-order valence-electron chi connectivity index (χ3n) is 2.34. The summed E-state index contributed by atoms with van der Waals surface area (Å²) in [5.74, 6) is 3.86. The molecule has 0 radical (unpaired) electrons. The lowest BCUT2D eigenvalue weighted by molar-refractivity contribution is 0.949. The van der Waals surface area contributed by atoms with Gasteiger partial charge in [-0.3, -0.25) is 0 Å². The minimum atomic E-state index is -0.770. The van der Waals surface area contributed by atoms with Gasteiger partial charge < -0.3 is 0 Å². The molecular formula is C8H13ClS2. The summed E-state index contributed by atoms with van der Waals surface area (Å²) in [4.78, 5) is 1.60. The lowest BCUT2D eigenvalue weighted by Gasteiger charge is -2.28. The molecule has 0 atom stereocenters. The van der Waals surface area contributed by atoms with Crippen LogP contribution in [0.4, 0.5) is 0 Å². The van der Waals surface area contributed by atoms with Crippen LogP contribution >= 0.6 is 31.7 Å². The lowest BCUT2D eigenvalue weighted by atomic mass is 10.4. The fraction of sp³-hybridized carbons (Fsp3) is 0.750. The maximum Gasteiger partial charge on any atom is 0.00199 e. The quantitative estimate of drug-likeness (QED) is 0.633. The van der Waals surface area contributed by atoms with Gasteiger partial charge in [0, 0.05) is 5.75 Å². The van der Waals surface area contributed by atoms with Gasteiger partial charge in [-0.1, -0.05) is 10.7 Å². The van der Waals surface area contributed by atoms with E-state index in [0.717, 1.165) is 0 Å². The van der Waals surface area contributed by atoms with Gasteiger partial charge in [-0.25, -0.2) is 0 Å². The molecule has 0 unspecified atom stereocenters. The van der Waals surface area contributed by atoms with Crippen molar-refractivity contribution in [2.75, 3.05) is 17.3 Å². The highest BCUT2D eigenvalue weighted by atomic mass is 35.7. The first-order valence-electron chi connectivity index (χ1n) is 4.10. The standard InChI is InChI=1S/C8H13ClS2/c9-11(5-1-2-6-11)8-3-4-10-7-8/h7H,1-6H2. The second-order valence-electron chi connectivity index (χ2n) is 3.11. The molecule has 0 nitrogen and oxygen atoms in total. The molecule has 1 saturated heterocycles. The number of rotatable bonds is 1. The van der Waals surface area contributed by atoms with E-state index in [-0.39, 0.29) is 0 Å². The van der Waals surface area contributed by atoms with Gasteiger partial charge in [-0.15, -0.1) is 21.0 Å². The predicted molar refractivity (Wildman–Crippen MR) is 57.6 cm³/mol. The zero-order valence-electron chi connectivity index (χ0n) is 6.51. The molecule has 0 amide bonds. The summed E-state index contributed by atoms with van der Waals surface area (Å²) in [5, 5.41) is 2.33. The fourth-order valence-corrected chi connectivity index (χ4v) is 7.18. The normalized spacial score (nSPS) is 31.9. The van der Waals surface area contributed by atoms with Crippen molar-refractivity contribution in [3.05, 3.63) is 10.3 Å². The van der Waals surface area contributed by atoms with Crippen molar-refractivity contribution in [2.45, 2.75) is 19.3 Å². The van der Waals surface area contributed by atoms with Crippen LogP contribution in [0.1, 0.15) is 19.3 Å². The summed E-state index contributed by atoms with van der Waals surface area (Å²) in [5.41, 5.74) is 0. The van der Waals surface area contributed by atoms with Crippen LogP contribution in [0.15, 0.2) is 10.3 Å². The Bertz CT molecular complexity index is 183. The van der Waals surface area contributed by atoms with E-state index in [9.17, 15) is 0 Å². The summed E-state index contributed by atoms with van der Waals surface area (Å²) < 4.78 is 0. The van der Waals surface area contributed by atoms with Crippen molar-refractivity contribution >= 4 is 31.7 Å². The van der Waals surface area contributed by atoms with Crippen molar-refractivity contribution in [1.82, 2.24) is 0 Å². The van der Waals surface area contributed by atoms with Crippen LogP contribution in [-0.4, -0.2) is 17.3 Å². The van der Waals surface area contributed by atoms with Gasteiger partial charge in [0.2, 0.25) is 0 Å². The summed E-state index contributed by atoms with van der Waals surface area (Å²) in [6, 6.07) is 0. The second-order valence-corrected chi connectivity index (χ2v) is 8.78. The van der Waals surface area contributed by atoms with E-state index in [2.05, 4.69) is 5.41 Å². The molecule has 11 heavy (non-hydrogen) atoms. The van der Waals surface area contributed by atoms with Crippen molar-refractivity contribution in [3.8, 4) is 0 Å². The molecule has 0 aliphatic carbocycles. The maximum atomic E-state index is 6.58. The average molecular weight is 209 g/mol. The van der Waals surface area contributed by atoms with Crippen LogP contribution in [0, 0.1) is 0 Å². The first-order valence-corrected chi connectivity index (χ1v) is 7.95. The maximum absolute atomic E-state index is 6.58. The van der Waals surface area contributed by atoms with E-state index < -0.39 is 9.24 Å². The smallest absolute Gasteiger partial charge is 0.00199 e. The molecule has 2 aliphatic heterocycles. The van der Waals surface area contributed by atoms with E-state index in [1.165, 1.54) is 36.5 Å². The Morgan fingerprint density at radius 1 is 1.36 bits per heavy atom. The number of hydrogen-bond acceptors (Lipinski definition) is 1. The van der Waals surface area contributed by atoms with Crippen LogP contribution in [0.5, 0.6) is 0 Å². The molecule has 0 bridgehead atoms. The van der Waals surface area contributed by atoms with Crippen LogP contribution in [0.3, 0.4) is 0 Å². The van der Waals surface area contributed by atoms with Gasteiger partial charge in [0.1, 0.15) is 0 Å². The van der Waals surface area contributed by atoms with Gasteiger partial charge in [-0.2, -0.15) is 0 Å². The number of hydrogen-bond donors (Lipinski definition) is 0. The first-order chi connectivity index (χ1) is 5.31. The molecule has 0 spiro atoms. The van der Waals surface area contributed by atoms with Crippen molar-refractivity contribution < 1.29 is 0 Å². The van der Waals surface area contributed by atoms with E-state index in [0.29, 0.717) is 0 Å². The van der Waals surface area contributed by atoms with Crippen LogP contribution in [-0.2, 0) is 0 Å². The Morgan fingerprint density at radius 3 is 2.64 bits per heavy atom. The van der Waals surface area contributed by atoms with Gasteiger partial charge in [0.15, 0.2) is 0 Å². The SMILES string of the molecule is ClS1(C2=CSCC2)CCCC1. The van der Waals surface area contributed by atoms with Gasteiger partial charge in [0.05, 0.1) is 0 Å². The Morgan fingerprint density at radius 2 is 2.09 bits per heavy atom. The van der Waals surface area contributed by atoms with Gasteiger partial charge >= 0.3 is 0 Å². The van der Waals surface area contributed by atoms with Crippen molar-refractivity contribution in [2.24, 2.45) is 0 Å². The third-order valence-corrected chi connectivity index (χ3v) is 8.03. The molecule has 0 aromatic carbocycles. The molecular weight excluding hydrogens is 196 g/mol. The van der Waals surface area contributed by atoms with Crippen LogP contribution in [0.25, 0.3) is 0 Å². The molecule has 3 heteroatoms. The molecule has 2 heterocycles. The third kappa shape index (κ3) is 1.58. The highest BCUT2D eigenvalue weighted by Crippen LogP contribution is 2.66. The Labute approximate surface area is 78.6 Å². The molecule has 64 valence electrons. The van der Waals surface area contributed by atoms with Crippen molar-refractivity contribution in [1.29, 1.82) is 0 Å². The predicted octanol–water partition coefficient (Wildman–Crippen LogP) is 3.72. The Hall–Kier alpha value is 0.730. The zero-order chi connectivity index (χ0) is 7.73. The van der Waals surface area contributed by atoms with Crippen molar-refractivity contribution in [3.63, 3.8) is 0 Å².